The van der Waals surface area contributed by atoms with Crippen LogP contribution in [0.25, 0.3) is 6.08 Å². The van der Waals surface area contributed by atoms with Gasteiger partial charge in [0.25, 0.3) is 0 Å². The second-order valence-electron chi connectivity index (χ2n) is 7.37. The van der Waals surface area contributed by atoms with Gasteiger partial charge < -0.3 is 19.3 Å². The number of rotatable bonds is 8. The van der Waals surface area contributed by atoms with Gasteiger partial charge in [0.1, 0.15) is 17.9 Å². The minimum absolute atomic E-state index is 0.110. The molecule has 0 heterocycles. The lowest BCUT2D eigenvalue weighted by Gasteiger charge is -2.25. The Hall–Kier alpha value is -2.05. The third-order valence-corrected chi connectivity index (χ3v) is 3.70. The molecule has 0 bridgehead atoms. The largest absolute Gasteiger partial charge is 0.496 e. The van der Waals surface area contributed by atoms with Gasteiger partial charge in [0.2, 0.25) is 5.91 Å². The molecule has 0 aromatic heterocycles. The molecule has 0 aliphatic rings. The molecule has 0 unspecified atom stereocenters. The van der Waals surface area contributed by atoms with Gasteiger partial charge in [-0.15, -0.1) is 0 Å². The molecule has 0 radical (unpaired) electrons. The number of carbonyl (C=O) groups excluding carboxylic acids is 2. The minimum atomic E-state index is -0.600. The highest BCUT2D eigenvalue weighted by atomic mass is 35.5. The highest BCUT2D eigenvalue weighted by molar-refractivity contribution is 6.30. The molecule has 6 nitrogen and oxygen atoms in total. The van der Waals surface area contributed by atoms with Gasteiger partial charge in [-0.1, -0.05) is 11.6 Å². The summed E-state index contributed by atoms with van der Waals surface area (Å²) in [6.07, 6.45) is 3.04. The van der Waals surface area contributed by atoms with Crippen molar-refractivity contribution in [2.45, 2.75) is 26.4 Å². The second-order valence-corrected chi connectivity index (χ2v) is 7.81. The summed E-state index contributed by atoms with van der Waals surface area (Å²) in [4.78, 5) is 28.2. The number of esters is 1. The first-order valence-electron chi connectivity index (χ1n) is 8.69. The zero-order valence-corrected chi connectivity index (χ0v) is 17.7. The average Bonchev–Trinajstić information content (AvgIpc) is 2.54. The van der Waals surface area contributed by atoms with Crippen LogP contribution in [0.3, 0.4) is 0 Å². The maximum atomic E-state index is 12.7. The smallest absolute Gasteiger partial charge is 0.326 e. The summed E-state index contributed by atoms with van der Waals surface area (Å²) in [5.41, 5.74) is 0.0836. The van der Waals surface area contributed by atoms with E-state index in [4.69, 9.17) is 21.1 Å². The molecule has 1 amide bonds. The third kappa shape index (κ3) is 8.93. The zero-order valence-electron chi connectivity index (χ0n) is 16.9. The van der Waals surface area contributed by atoms with E-state index in [2.05, 4.69) is 0 Å². The fourth-order valence-corrected chi connectivity index (χ4v) is 2.40. The van der Waals surface area contributed by atoms with E-state index in [1.165, 1.54) is 11.0 Å². The van der Waals surface area contributed by atoms with Crippen LogP contribution in [0.2, 0.25) is 5.02 Å². The molecule has 150 valence electrons. The van der Waals surface area contributed by atoms with Crippen molar-refractivity contribution >= 4 is 29.6 Å². The van der Waals surface area contributed by atoms with Crippen LogP contribution < -0.4 is 4.74 Å². The van der Waals surface area contributed by atoms with Crippen LogP contribution in [0.15, 0.2) is 24.3 Å². The molecule has 1 rings (SSSR count). The Morgan fingerprint density at radius 2 is 1.85 bits per heavy atom. The quantitative estimate of drug-likeness (QED) is 0.499. The van der Waals surface area contributed by atoms with Crippen LogP contribution in [0, 0.1) is 0 Å². The lowest BCUT2D eigenvalue weighted by Crippen LogP contribution is -2.41. The van der Waals surface area contributed by atoms with Crippen molar-refractivity contribution < 1.29 is 19.1 Å². The Morgan fingerprint density at radius 3 is 2.41 bits per heavy atom. The fraction of sp³-hybridized carbons (Fsp3) is 0.500. The number of hydrogen-bond acceptors (Lipinski definition) is 5. The van der Waals surface area contributed by atoms with Gasteiger partial charge in [0.05, 0.1) is 7.11 Å². The highest BCUT2D eigenvalue weighted by Crippen LogP contribution is 2.23. The predicted octanol–water partition coefficient (Wildman–Crippen LogP) is 3.09. The average molecular weight is 397 g/mol. The van der Waals surface area contributed by atoms with Crippen LogP contribution >= 0.6 is 11.6 Å². The van der Waals surface area contributed by atoms with Gasteiger partial charge in [-0.3, -0.25) is 9.59 Å². The standard InChI is InChI=1S/C20H29ClN2O4/c1-20(2,3)27-19(25)14-23(12-11-22(4)5)18(24)10-7-15-13-16(21)8-9-17(15)26-6/h7-10,13H,11-12,14H2,1-6H3/b10-7+. The minimum Gasteiger partial charge on any atom is -0.496 e. The molecule has 0 saturated heterocycles. The van der Waals surface area contributed by atoms with Gasteiger partial charge in [-0.2, -0.15) is 0 Å². The molecule has 0 aliphatic carbocycles. The molecule has 1 aromatic rings. The van der Waals surface area contributed by atoms with E-state index in [0.29, 0.717) is 29.4 Å². The van der Waals surface area contributed by atoms with E-state index in [9.17, 15) is 9.59 Å². The maximum absolute atomic E-state index is 12.7. The van der Waals surface area contributed by atoms with Gasteiger partial charge in [-0.25, -0.2) is 0 Å². The number of likely N-dealkylation sites (N-methyl/N-ethyl adjacent to an activating group) is 1. The van der Waals surface area contributed by atoms with Crippen molar-refractivity contribution in [1.29, 1.82) is 0 Å². The van der Waals surface area contributed by atoms with Crippen molar-refractivity contribution in [2.75, 3.05) is 40.8 Å². The Bertz CT molecular complexity index is 681. The number of benzene rings is 1. The number of halogens is 1. The van der Waals surface area contributed by atoms with Crippen LogP contribution in [-0.2, 0) is 14.3 Å². The molecule has 7 heteroatoms. The van der Waals surface area contributed by atoms with Crippen molar-refractivity contribution in [3.05, 3.63) is 34.9 Å². The molecule has 0 spiro atoms. The number of hydrogen-bond donors (Lipinski definition) is 0. The van der Waals surface area contributed by atoms with Crippen LogP contribution in [0.5, 0.6) is 5.75 Å². The lowest BCUT2D eigenvalue weighted by molar-refractivity contribution is -0.158. The van der Waals surface area contributed by atoms with Crippen LogP contribution in [0.4, 0.5) is 0 Å². The summed E-state index contributed by atoms with van der Waals surface area (Å²) >= 11 is 6.02. The fourth-order valence-electron chi connectivity index (χ4n) is 2.22. The van der Waals surface area contributed by atoms with Crippen molar-refractivity contribution in [3.63, 3.8) is 0 Å². The van der Waals surface area contributed by atoms with Gasteiger partial charge in [0, 0.05) is 29.8 Å². The molecule has 1 aromatic carbocycles. The Kier molecular flexibility index (Phi) is 8.79. The highest BCUT2D eigenvalue weighted by Gasteiger charge is 2.21. The Balaban J connectivity index is 2.92. The van der Waals surface area contributed by atoms with Crippen LogP contribution in [0.1, 0.15) is 26.3 Å². The predicted molar refractivity (Wildman–Crippen MR) is 108 cm³/mol. The van der Waals surface area contributed by atoms with E-state index < -0.39 is 11.6 Å². The number of nitrogens with zero attached hydrogens (tertiary/aromatic N) is 2. The first-order valence-corrected chi connectivity index (χ1v) is 9.06. The first-order chi connectivity index (χ1) is 12.5. The first kappa shape index (κ1) is 23.0. The molecule has 0 aliphatic heterocycles. The van der Waals surface area contributed by atoms with E-state index in [1.807, 2.05) is 19.0 Å². The topological polar surface area (TPSA) is 59.1 Å². The molecular formula is C20H29ClN2O4. The number of amides is 1. The number of ether oxygens (including phenoxy) is 2. The molecule has 0 saturated carbocycles. The van der Waals surface area contributed by atoms with Gasteiger partial charge in [-0.05, 0) is 59.1 Å². The zero-order chi connectivity index (χ0) is 20.6. The van der Waals surface area contributed by atoms with E-state index in [0.717, 1.165) is 0 Å². The molecule has 27 heavy (non-hydrogen) atoms. The van der Waals surface area contributed by atoms with E-state index in [-0.39, 0.29) is 12.5 Å². The molecular weight excluding hydrogens is 368 g/mol. The Morgan fingerprint density at radius 1 is 1.19 bits per heavy atom. The maximum Gasteiger partial charge on any atom is 0.326 e. The summed E-state index contributed by atoms with van der Waals surface area (Å²) < 4.78 is 10.6. The second kappa shape index (κ2) is 10.3. The van der Waals surface area contributed by atoms with E-state index in [1.54, 1.807) is 52.2 Å². The monoisotopic (exact) mass is 396 g/mol. The summed E-state index contributed by atoms with van der Waals surface area (Å²) in [6.45, 7) is 6.30. The number of methoxy groups -OCH3 is 1. The molecule has 0 fully saturated rings. The van der Waals surface area contributed by atoms with Crippen LogP contribution in [-0.4, -0.2) is 68.1 Å². The van der Waals surface area contributed by atoms with Crippen molar-refractivity contribution in [1.82, 2.24) is 9.80 Å². The lowest BCUT2D eigenvalue weighted by atomic mass is 10.2. The van der Waals surface area contributed by atoms with E-state index >= 15 is 0 Å². The third-order valence-electron chi connectivity index (χ3n) is 3.47. The SMILES string of the molecule is COc1ccc(Cl)cc1/C=C/C(=O)N(CCN(C)C)CC(=O)OC(C)(C)C. The summed E-state index contributed by atoms with van der Waals surface area (Å²) in [6, 6.07) is 5.16. The van der Waals surface area contributed by atoms with Crippen molar-refractivity contribution in [2.24, 2.45) is 0 Å². The summed E-state index contributed by atoms with van der Waals surface area (Å²) in [5, 5.41) is 0.543. The summed E-state index contributed by atoms with van der Waals surface area (Å²) in [5.74, 6) is -0.122. The molecule has 0 atom stereocenters. The van der Waals surface area contributed by atoms with Crippen molar-refractivity contribution in [3.8, 4) is 5.75 Å². The van der Waals surface area contributed by atoms with Gasteiger partial charge in [0.15, 0.2) is 0 Å². The summed E-state index contributed by atoms with van der Waals surface area (Å²) in [7, 11) is 5.36. The molecule has 0 N–H and O–H groups in total. The Labute approximate surface area is 166 Å². The van der Waals surface area contributed by atoms with Gasteiger partial charge >= 0.3 is 5.97 Å². The normalized spacial score (nSPS) is 11.7. The number of carbonyl (C=O) groups is 2.